The van der Waals surface area contributed by atoms with Crippen LogP contribution in [-0.4, -0.2) is 18.9 Å². The second kappa shape index (κ2) is 13.2. The van der Waals surface area contributed by atoms with Crippen molar-refractivity contribution in [3.05, 3.63) is 122 Å². The highest BCUT2D eigenvalue weighted by Gasteiger charge is 2.15. The van der Waals surface area contributed by atoms with Crippen LogP contribution >= 0.6 is 0 Å². The van der Waals surface area contributed by atoms with E-state index >= 15 is 0 Å². The highest BCUT2D eigenvalue weighted by atomic mass is 16.5. The summed E-state index contributed by atoms with van der Waals surface area (Å²) in [5, 5.41) is 4.20. The molecule has 0 bridgehead atoms. The molecule has 202 valence electrons. The van der Waals surface area contributed by atoms with Crippen LogP contribution in [0.1, 0.15) is 58.4 Å². The van der Waals surface area contributed by atoms with Gasteiger partial charge in [0.25, 0.3) is 0 Å². The summed E-state index contributed by atoms with van der Waals surface area (Å²) in [5.74, 6) is 0.596. The minimum Gasteiger partial charge on any atom is -0.493 e. The Kier molecular flexibility index (Phi) is 9.50. The van der Waals surface area contributed by atoms with Gasteiger partial charge in [0.05, 0.1) is 6.61 Å². The summed E-state index contributed by atoms with van der Waals surface area (Å²) in [7, 11) is 0. The number of allylic oxidation sites excluding steroid dienone is 2. The summed E-state index contributed by atoms with van der Waals surface area (Å²) in [6.07, 6.45) is 3.78. The average Bonchev–Trinajstić information content (AvgIpc) is 2.92. The van der Waals surface area contributed by atoms with E-state index in [9.17, 15) is 9.59 Å². The molecule has 1 aromatic heterocycles. The minimum absolute atomic E-state index is 0.00327. The first-order chi connectivity index (χ1) is 18.8. The summed E-state index contributed by atoms with van der Waals surface area (Å²) in [6, 6.07) is 21.6. The van der Waals surface area contributed by atoms with Crippen LogP contribution in [0.2, 0.25) is 0 Å². The molecule has 0 saturated heterocycles. The van der Waals surface area contributed by atoms with Crippen molar-refractivity contribution in [1.82, 2.24) is 5.32 Å². The average molecular weight is 524 g/mol. The van der Waals surface area contributed by atoms with E-state index < -0.39 is 5.63 Å². The van der Waals surface area contributed by atoms with Crippen LogP contribution in [0.4, 0.5) is 0 Å². The molecular weight excluding hydrogens is 486 g/mol. The fraction of sp³-hybridized carbons (Fsp3) is 0.294. The van der Waals surface area contributed by atoms with Crippen LogP contribution in [0.15, 0.2) is 87.6 Å². The van der Waals surface area contributed by atoms with Crippen LogP contribution < -0.4 is 15.7 Å². The highest BCUT2D eigenvalue weighted by molar-refractivity contribution is 5.98. The third kappa shape index (κ3) is 7.55. The molecule has 0 fully saturated rings. The Morgan fingerprint density at radius 1 is 0.974 bits per heavy atom. The number of carbonyl (C=O) groups is 1. The second-order valence-electron chi connectivity index (χ2n) is 10.3. The van der Waals surface area contributed by atoms with Gasteiger partial charge in [-0.1, -0.05) is 54.1 Å². The van der Waals surface area contributed by atoms with Crippen LogP contribution in [-0.2, 0) is 19.4 Å². The van der Waals surface area contributed by atoms with Gasteiger partial charge in [0.15, 0.2) is 5.78 Å². The number of benzene rings is 3. The van der Waals surface area contributed by atoms with Gasteiger partial charge in [0.1, 0.15) is 11.3 Å². The molecule has 1 heterocycles. The largest absolute Gasteiger partial charge is 0.493 e. The lowest BCUT2D eigenvalue weighted by molar-refractivity contribution is 0.0992. The maximum absolute atomic E-state index is 13.1. The molecule has 5 nitrogen and oxygen atoms in total. The molecule has 0 radical (unpaired) electrons. The second-order valence-corrected chi connectivity index (χ2v) is 10.3. The molecule has 0 atom stereocenters. The van der Waals surface area contributed by atoms with Crippen molar-refractivity contribution in [2.75, 3.05) is 13.2 Å². The molecule has 39 heavy (non-hydrogen) atoms. The number of ketones is 1. The van der Waals surface area contributed by atoms with Gasteiger partial charge in [-0.25, -0.2) is 4.79 Å². The van der Waals surface area contributed by atoms with E-state index in [0.29, 0.717) is 29.1 Å². The zero-order valence-corrected chi connectivity index (χ0v) is 23.3. The van der Waals surface area contributed by atoms with E-state index in [0.717, 1.165) is 48.0 Å². The zero-order chi connectivity index (χ0) is 27.8. The maximum atomic E-state index is 13.1. The van der Waals surface area contributed by atoms with Gasteiger partial charge in [-0.2, -0.15) is 0 Å². The van der Waals surface area contributed by atoms with Gasteiger partial charge in [-0.15, -0.1) is 0 Å². The molecule has 0 amide bonds. The van der Waals surface area contributed by atoms with Gasteiger partial charge >= 0.3 is 5.63 Å². The molecule has 0 aliphatic heterocycles. The van der Waals surface area contributed by atoms with Crippen molar-refractivity contribution >= 4 is 16.8 Å². The number of ether oxygens (including phenoxy) is 1. The molecule has 0 spiro atoms. The number of fused-ring (bicyclic) bond motifs is 1. The Labute approximate surface area is 230 Å². The van der Waals surface area contributed by atoms with E-state index in [1.54, 1.807) is 6.07 Å². The highest BCUT2D eigenvalue weighted by Crippen LogP contribution is 2.27. The normalized spacial score (nSPS) is 11.0. The lowest BCUT2D eigenvalue weighted by atomic mass is 9.97. The third-order valence-corrected chi connectivity index (χ3v) is 6.85. The number of rotatable bonds is 12. The number of aryl methyl sites for hydroxylation is 2. The van der Waals surface area contributed by atoms with E-state index in [2.05, 4.69) is 37.4 Å². The minimum atomic E-state index is -0.488. The van der Waals surface area contributed by atoms with Crippen molar-refractivity contribution < 1.29 is 13.9 Å². The van der Waals surface area contributed by atoms with Crippen molar-refractivity contribution in [2.45, 2.75) is 53.5 Å². The van der Waals surface area contributed by atoms with Gasteiger partial charge in [0.2, 0.25) is 0 Å². The quantitative estimate of drug-likeness (QED) is 0.0946. The Balaban J connectivity index is 1.39. The van der Waals surface area contributed by atoms with Gasteiger partial charge in [0, 0.05) is 35.0 Å². The number of hydrogen-bond donors (Lipinski definition) is 1. The topological polar surface area (TPSA) is 68.5 Å². The van der Waals surface area contributed by atoms with Crippen molar-refractivity contribution in [3.63, 3.8) is 0 Å². The van der Waals surface area contributed by atoms with Crippen LogP contribution in [0.25, 0.3) is 11.0 Å². The fourth-order valence-corrected chi connectivity index (χ4v) is 4.49. The molecule has 1 N–H and O–H groups in total. The molecule has 0 aliphatic rings. The summed E-state index contributed by atoms with van der Waals surface area (Å²) in [5.41, 5.74) is 6.50. The molecule has 0 saturated carbocycles. The van der Waals surface area contributed by atoms with Gasteiger partial charge < -0.3 is 14.5 Å². The predicted molar refractivity (Wildman–Crippen MR) is 158 cm³/mol. The monoisotopic (exact) mass is 523 g/mol. The van der Waals surface area contributed by atoms with E-state index in [1.807, 2.05) is 62.4 Å². The molecule has 3 aromatic carbocycles. The van der Waals surface area contributed by atoms with E-state index in [4.69, 9.17) is 9.15 Å². The van der Waals surface area contributed by atoms with Gasteiger partial charge in [-0.3, -0.25) is 4.79 Å². The first-order valence-corrected chi connectivity index (χ1v) is 13.5. The number of Topliss-reactive ketones (excluding diaryl/α,β-unsaturated/α-hetero) is 1. The maximum Gasteiger partial charge on any atom is 0.339 e. The fourth-order valence-electron chi connectivity index (χ4n) is 4.49. The summed E-state index contributed by atoms with van der Waals surface area (Å²) in [4.78, 5) is 25.9. The van der Waals surface area contributed by atoms with Crippen LogP contribution in [0.5, 0.6) is 5.75 Å². The summed E-state index contributed by atoms with van der Waals surface area (Å²) < 4.78 is 11.7. The molecule has 4 aromatic rings. The SMILES string of the molecule is CC(C)=CCc1cc(C(=O)Cc2cc3ccc(OCCCNCc4ccccc4)c(C)c3oc2=O)ccc1C. The van der Waals surface area contributed by atoms with E-state index in [-0.39, 0.29) is 12.2 Å². The van der Waals surface area contributed by atoms with Crippen LogP contribution in [0, 0.1) is 13.8 Å². The molecule has 4 rings (SSSR count). The number of carbonyl (C=O) groups excluding carboxylic acids is 1. The Morgan fingerprint density at radius 3 is 2.54 bits per heavy atom. The molecular formula is C34H37NO4. The first-order valence-electron chi connectivity index (χ1n) is 13.5. The van der Waals surface area contributed by atoms with E-state index in [1.165, 1.54) is 11.1 Å². The molecule has 5 heteroatoms. The number of nitrogens with one attached hydrogen (secondary N) is 1. The zero-order valence-electron chi connectivity index (χ0n) is 23.3. The summed E-state index contributed by atoms with van der Waals surface area (Å²) >= 11 is 0. The smallest absolute Gasteiger partial charge is 0.339 e. The lowest BCUT2D eigenvalue weighted by Crippen LogP contribution is -2.17. The van der Waals surface area contributed by atoms with Crippen molar-refractivity contribution in [3.8, 4) is 5.75 Å². The van der Waals surface area contributed by atoms with Gasteiger partial charge in [-0.05, 0) is 88.0 Å². The first kappa shape index (κ1) is 28.1. The van der Waals surface area contributed by atoms with Crippen molar-refractivity contribution in [1.29, 1.82) is 0 Å². The predicted octanol–water partition coefficient (Wildman–Crippen LogP) is 6.90. The van der Waals surface area contributed by atoms with Crippen molar-refractivity contribution in [2.24, 2.45) is 0 Å². The third-order valence-electron chi connectivity index (χ3n) is 6.85. The van der Waals surface area contributed by atoms with Crippen LogP contribution in [0.3, 0.4) is 0 Å². The number of hydrogen-bond acceptors (Lipinski definition) is 5. The lowest BCUT2D eigenvalue weighted by Gasteiger charge is -2.12. The Morgan fingerprint density at radius 2 is 1.77 bits per heavy atom. The summed E-state index contributed by atoms with van der Waals surface area (Å²) in [6.45, 7) is 10.3. The Bertz CT molecular complexity index is 1530. The standard InChI is InChI=1S/C34H37NO4/c1-23(2)11-13-27-19-28(14-12-24(27)3)31(36)21-30-20-29-15-16-32(25(4)33(29)39-34(30)37)38-18-8-17-35-22-26-9-6-5-7-10-26/h5-7,9-12,14-16,19-20,35H,8,13,17-18,21-22H2,1-4H3. The Hall–Kier alpha value is -3.96. The molecule has 0 unspecified atom stereocenters. The molecule has 0 aliphatic carbocycles.